The first-order valence-electron chi connectivity index (χ1n) is 6.86. The Morgan fingerprint density at radius 3 is 1.39 bits per heavy atom. The number of esters is 2. The molecule has 5 heteroatoms. The Morgan fingerprint density at radius 2 is 1.17 bits per heavy atom. The fraction of sp³-hybridized carbons (Fsp3) is 0.846. The summed E-state index contributed by atoms with van der Waals surface area (Å²) in [5.74, 6) is -0.747. The molecule has 0 saturated heterocycles. The summed E-state index contributed by atoms with van der Waals surface area (Å²) in [4.78, 5) is 24.2. The first-order valence-corrected chi connectivity index (χ1v) is 12.5. The van der Waals surface area contributed by atoms with Crippen molar-refractivity contribution in [3.8, 4) is 0 Å². The average Bonchev–Trinajstić information content (AvgIpc) is 2.36. The molecule has 0 aliphatic carbocycles. The second kappa shape index (κ2) is 8.56. The van der Waals surface area contributed by atoms with E-state index in [9.17, 15) is 9.59 Å². The number of rotatable bonds is 8. The summed E-state index contributed by atoms with van der Waals surface area (Å²) in [7, 11) is 0. The molecule has 0 amide bonds. The zero-order valence-electron chi connectivity index (χ0n) is 12.2. The monoisotopic (exact) mass is 320 g/mol. The van der Waals surface area contributed by atoms with E-state index in [0.717, 1.165) is 15.8 Å². The van der Waals surface area contributed by atoms with Crippen molar-refractivity contribution in [2.75, 3.05) is 13.2 Å². The molecule has 18 heavy (non-hydrogen) atoms. The van der Waals surface area contributed by atoms with Crippen LogP contribution in [-0.4, -0.2) is 38.4 Å². The van der Waals surface area contributed by atoms with Gasteiger partial charge in [0.15, 0.2) is 0 Å². The van der Waals surface area contributed by atoms with Crippen molar-refractivity contribution in [1.29, 1.82) is 0 Å². The number of carbonyl (C=O) groups is 2. The third-order valence-electron chi connectivity index (χ3n) is 3.77. The summed E-state index contributed by atoms with van der Waals surface area (Å²) in [6.07, 6.45) is 0. The van der Waals surface area contributed by atoms with Gasteiger partial charge in [0.25, 0.3) is 0 Å². The normalized spacial score (nSPS) is 11.4. The molecular weight excluding hydrogens is 293 g/mol. The fourth-order valence-electron chi connectivity index (χ4n) is 2.41. The van der Waals surface area contributed by atoms with Crippen LogP contribution in [0.5, 0.6) is 0 Å². The first kappa shape index (κ1) is 17.5. The predicted octanol–water partition coefficient (Wildman–Crippen LogP) is 2.99. The molecule has 106 valence electrons. The van der Waals surface area contributed by atoms with Crippen LogP contribution < -0.4 is 0 Å². The number of hydrogen-bond acceptors (Lipinski definition) is 4. The van der Waals surface area contributed by atoms with Crippen LogP contribution in [-0.2, 0) is 19.1 Å². The molecule has 0 fully saturated rings. The zero-order chi connectivity index (χ0) is 14.2. The van der Waals surface area contributed by atoms with Crippen LogP contribution in [0.2, 0.25) is 20.5 Å². The van der Waals surface area contributed by atoms with Gasteiger partial charge in [-0.05, 0) is 0 Å². The summed E-state index contributed by atoms with van der Waals surface area (Å²) >= 11 is -2.57. The van der Waals surface area contributed by atoms with Crippen LogP contribution in [0.25, 0.3) is 0 Å². The van der Waals surface area contributed by atoms with E-state index in [4.69, 9.17) is 9.47 Å². The van der Waals surface area contributed by atoms with E-state index in [-0.39, 0.29) is 11.9 Å². The van der Waals surface area contributed by atoms with Gasteiger partial charge in [0.05, 0.1) is 0 Å². The van der Waals surface area contributed by atoms with Crippen molar-refractivity contribution in [1.82, 2.24) is 0 Å². The SMILES string of the molecule is CCOC(=O)[CH](C(=O)OCC)[Ge]([CH2]C)([CH2]C)[CH2]C. The van der Waals surface area contributed by atoms with Crippen LogP contribution in [0.4, 0.5) is 0 Å². The Morgan fingerprint density at radius 1 is 0.833 bits per heavy atom. The molecule has 0 aliphatic rings. The molecule has 0 N–H and O–H groups in total. The van der Waals surface area contributed by atoms with Crippen LogP contribution >= 0.6 is 0 Å². The Bertz CT molecular complexity index is 248. The summed E-state index contributed by atoms with van der Waals surface area (Å²) in [6, 6.07) is 0. The second-order valence-corrected chi connectivity index (χ2v) is 15.7. The first-order chi connectivity index (χ1) is 8.52. The average molecular weight is 319 g/mol. The van der Waals surface area contributed by atoms with Crippen molar-refractivity contribution in [3.05, 3.63) is 0 Å². The van der Waals surface area contributed by atoms with Gasteiger partial charge in [0.2, 0.25) is 0 Å². The third kappa shape index (κ3) is 4.00. The topological polar surface area (TPSA) is 52.6 Å². The van der Waals surface area contributed by atoms with Gasteiger partial charge in [-0.1, -0.05) is 0 Å². The standard InChI is InChI=1S/C13H26GeO4/c1-6-14(7-2,8-3)11(12(15)17-9-4)13(16)18-10-5/h11H,6-10H2,1-5H3. The Hall–Kier alpha value is -0.517. The van der Waals surface area contributed by atoms with Gasteiger partial charge in [-0.15, -0.1) is 0 Å². The van der Waals surface area contributed by atoms with Gasteiger partial charge < -0.3 is 0 Å². The molecule has 0 bridgehead atoms. The molecule has 0 aliphatic heterocycles. The van der Waals surface area contributed by atoms with Gasteiger partial charge in [-0.3, -0.25) is 0 Å². The molecule has 0 aromatic heterocycles. The Balaban J connectivity index is 5.28. The van der Waals surface area contributed by atoms with E-state index in [1.54, 1.807) is 13.8 Å². The Labute approximate surface area is 113 Å². The van der Waals surface area contributed by atoms with Gasteiger partial charge in [0.1, 0.15) is 0 Å². The predicted molar refractivity (Wildman–Crippen MR) is 74.2 cm³/mol. The van der Waals surface area contributed by atoms with Gasteiger partial charge in [0, 0.05) is 0 Å². The third-order valence-corrected chi connectivity index (χ3v) is 16.2. The van der Waals surface area contributed by atoms with E-state index in [2.05, 4.69) is 20.8 Å². The van der Waals surface area contributed by atoms with Crippen molar-refractivity contribution in [3.63, 3.8) is 0 Å². The van der Waals surface area contributed by atoms with Crippen LogP contribution in [0.3, 0.4) is 0 Å². The molecule has 4 nitrogen and oxygen atoms in total. The molecule has 0 aromatic rings. The molecule has 0 rings (SSSR count). The van der Waals surface area contributed by atoms with E-state index in [1.165, 1.54) is 0 Å². The fourth-order valence-corrected chi connectivity index (χ4v) is 10.6. The van der Waals surface area contributed by atoms with Crippen molar-refractivity contribution >= 4 is 25.2 Å². The molecule has 0 atom stereocenters. The van der Waals surface area contributed by atoms with E-state index in [0.29, 0.717) is 13.2 Å². The summed E-state index contributed by atoms with van der Waals surface area (Å²) in [5.41, 5.74) is 0. The van der Waals surface area contributed by atoms with E-state index in [1.807, 2.05) is 0 Å². The maximum atomic E-state index is 12.1. The van der Waals surface area contributed by atoms with Crippen LogP contribution in [0, 0.1) is 0 Å². The molecule has 0 radical (unpaired) electrons. The van der Waals surface area contributed by atoms with Crippen molar-refractivity contribution in [2.24, 2.45) is 0 Å². The molecule has 0 spiro atoms. The van der Waals surface area contributed by atoms with Gasteiger partial charge in [-0.25, -0.2) is 0 Å². The minimum atomic E-state index is -2.57. The molecule has 0 unspecified atom stereocenters. The number of ether oxygens (including phenoxy) is 2. The minimum absolute atomic E-state index is 0.310. The van der Waals surface area contributed by atoms with Crippen molar-refractivity contribution < 1.29 is 19.1 Å². The number of hydrogen-bond donors (Lipinski definition) is 0. The second-order valence-electron chi connectivity index (χ2n) is 4.36. The van der Waals surface area contributed by atoms with Crippen LogP contribution in [0.15, 0.2) is 0 Å². The van der Waals surface area contributed by atoms with Gasteiger partial charge in [-0.2, -0.15) is 0 Å². The molecule has 0 heterocycles. The summed E-state index contributed by atoms with van der Waals surface area (Å²) in [5, 5.41) is 2.82. The summed E-state index contributed by atoms with van der Waals surface area (Å²) < 4.78 is 9.56. The quantitative estimate of drug-likeness (QED) is 0.392. The molecule has 0 aromatic carbocycles. The van der Waals surface area contributed by atoms with E-state index >= 15 is 0 Å². The number of carbonyl (C=O) groups excluding carboxylic acids is 2. The van der Waals surface area contributed by atoms with Crippen LogP contribution in [0.1, 0.15) is 34.6 Å². The molecule has 0 saturated carbocycles. The molecular formula is C13H26GeO4. The van der Waals surface area contributed by atoms with Gasteiger partial charge >= 0.3 is 113 Å². The van der Waals surface area contributed by atoms with Crippen molar-refractivity contribution in [2.45, 2.75) is 55.1 Å². The zero-order valence-corrected chi connectivity index (χ0v) is 14.3. The maximum absolute atomic E-state index is 12.1. The Kier molecular flexibility index (Phi) is 8.32. The summed E-state index contributed by atoms with van der Waals surface area (Å²) in [6.45, 7) is 10.4. The van der Waals surface area contributed by atoms with E-state index < -0.39 is 18.0 Å².